The summed E-state index contributed by atoms with van der Waals surface area (Å²) in [5.74, 6) is 1.04. The van der Waals surface area contributed by atoms with Gasteiger partial charge in [0.2, 0.25) is 10.0 Å². The van der Waals surface area contributed by atoms with Gasteiger partial charge in [-0.25, -0.2) is 28.1 Å². The number of anilines is 1. The smallest absolute Gasteiger partial charge is 0.240 e. The number of aromatic nitrogens is 4. The van der Waals surface area contributed by atoms with Crippen LogP contribution in [0.25, 0.3) is 11.2 Å². The van der Waals surface area contributed by atoms with E-state index in [1.54, 1.807) is 24.3 Å². The molecule has 0 saturated carbocycles. The average molecular weight is 481 g/mol. The fraction of sp³-hybridized carbons (Fsp3) is 0.421. The number of hydrogen-bond acceptors (Lipinski definition) is 10. The molecule has 0 unspecified atom stereocenters. The summed E-state index contributed by atoms with van der Waals surface area (Å²) >= 11 is 1.41. The van der Waals surface area contributed by atoms with Gasteiger partial charge >= 0.3 is 0 Å². The standard InChI is InChI=1S/C19H24N6O5S2/c1-11-2-4-12(5-3-11)32(28,29)24-6-7-31-8-13-15(26)16(27)19(30-13)25-10-23-14-17(20)21-9-22-18(14)25/h2-5,9-10,13,15-16,19,24,26-27H,6-8H2,1H3,(H2,20,21,22)/t13-,15-,16-,19-/m1/s1. The first kappa shape index (κ1) is 22.9. The Hall–Kier alpha value is -2.29. The summed E-state index contributed by atoms with van der Waals surface area (Å²) in [5, 5.41) is 20.9. The van der Waals surface area contributed by atoms with E-state index in [4.69, 9.17) is 10.5 Å². The van der Waals surface area contributed by atoms with Gasteiger partial charge in [-0.3, -0.25) is 4.57 Å². The molecule has 32 heavy (non-hydrogen) atoms. The second-order valence-corrected chi connectivity index (χ2v) is 10.3. The Kier molecular flexibility index (Phi) is 6.65. The molecule has 2 aromatic heterocycles. The number of ether oxygens (including phenoxy) is 1. The highest BCUT2D eigenvalue weighted by molar-refractivity contribution is 7.99. The van der Waals surface area contributed by atoms with Crippen LogP contribution in [-0.4, -0.2) is 74.5 Å². The summed E-state index contributed by atoms with van der Waals surface area (Å²) in [4.78, 5) is 12.4. The van der Waals surface area contributed by atoms with Crippen molar-refractivity contribution in [2.24, 2.45) is 0 Å². The summed E-state index contributed by atoms with van der Waals surface area (Å²) < 4.78 is 34.6. The second kappa shape index (κ2) is 9.29. The lowest BCUT2D eigenvalue weighted by Gasteiger charge is -2.16. The molecule has 172 valence electrons. The summed E-state index contributed by atoms with van der Waals surface area (Å²) in [7, 11) is -3.58. The number of thioether (sulfide) groups is 1. The maximum absolute atomic E-state index is 12.3. The minimum absolute atomic E-state index is 0.210. The molecule has 1 aliphatic rings. The summed E-state index contributed by atoms with van der Waals surface area (Å²) in [6.45, 7) is 2.11. The minimum Gasteiger partial charge on any atom is -0.387 e. The Balaban J connectivity index is 1.30. The van der Waals surface area contributed by atoms with Crippen molar-refractivity contribution in [2.75, 3.05) is 23.8 Å². The number of hydrogen-bond donors (Lipinski definition) is 4. The number of imidazole rings is 1. The molecule has 5 N–H and O–H groups in total. The number of aliphatic hydroxyl groups excluding tert-OH is 2. The predicted molar refractivity (Wildman–Crippen MR) is 119 cm³/mol. The van der Waals surface area contributed by atoms with Gasteiger partial charge in [-0.2, -0.15) is 11.8 Å². The Morgan fingerprint density at radius 1 is 1.19 bits per heavy atom. The Bertz CT molecular complexity index is 1190. The SMILES string of the molecule is Cc1ccc(S(=O)(=O)NCCSC[C@H]2O[C@@H](n3cnc4c(N)ncnc43)[C@H](O)[C@@H]2O)cc1. The number of aryl methyl sites for hydroxylation is 1. The highest BCUT2D eigenvalue weighted by Crippen LogP contribution is 2.33. The Morgan fingerprint density at radius 3 is 2.69 bits per heavy atom. The third-order valence-electron chi connectivity index (χ3n) is 5.15. The topological polar surface area (TPSA) is 165 Å². The number of rotatable bonds is 8. The molecule has 0 amide bonds. The second-order valence-electron chi connectivity index (χ2n) is 7.41. The van der Waals surface area contributed by atoms with Gasteiger partial charge in [0.25, 0.3) is 0 Å². The van der Waals surface area contributed by atoms with Gasteiger partial charge in [0.15, 0.2) is 17.7 Å². The van der Waals surface area contributed by atoms with Crippen LogP contribution >= 0.6 is 11.8 Å². The van der Waals surface area contributed by atoms with Gasteiger partial charge in [-0.1, -0.05) is 17.7 Å². The van der Waals surface area contributed by atoms with E-state index in [9.17, 15) is 18.6 Å². The lowest BCUT2D eigenvalue weighted by Crippen LogP contribution is -2.33. The van der Waals surface area contributed by atoms with E-state index in [0.29, 0.717) is 22.7 Å². The summed E-state index contributed by atoms with van der Waals surface area (Å²) in [6, 6.07) is 6.61. The monoisotopic (exact) mass is 480 g/mol. The largest absolute Gasteiger partial charge is 0.387 e. The zero-order valence-electron chi connectivity index (χ0n) is 17.2. The van der Waals surface area contributed by atoms with Crippen molar-refractivity contribution in [3.05, 3.63) is 42.5 Å². The van der Waals surface area contributed by atoms with Crippen LogP contribution in [0, 0.1) is 6.92 Å². The van der Waals surface area contributed by atoms with Crippen LogP contribution < -0.4 is 10.5 Å². The van der Waals surface area contributed by atoms with Gasteiger partial charge in [0.1, 0.15) is 24.1 Å². The van der Waals surface area contributed by atoms with Crippen molar-refractivity contribution in [1.82, 2.24) is 24.2 Å². The molecule has 0 aliphatic carbocycles. The summed E-state index contributed by atoms with van der Waals surface area (Å²) in [5.41, 5.74) is 7.56. The van der Waals surface area contributed by atoms with Crippen molar-refractivity contribution in [3.63, 3.8) is 0 Å². The van der Waals surface area contributed by atoms with Gasteiger partial charge < -0.3 is 20.7 Å². The van der Waals surface area contributed by atoms with Gasteiger partial charge in [-0.15, -0.1) is 0 Å². The first-order valence-electron chi connectivity index (χ1n) is 9.86. The predicted octanol–water partition coefficient (Wildman–Crippen LogP) is 0.0478. The number of benzene rings is 1. The number of nitrogens with one attached hydrogen (secondary N) is 1. The number of fused-ring (bicyclic) bond motifs is 1. The van der Waals surface area contributed by atoms with Crippen LogP contribution in [0.4, 0.5) is 5.82 Å². The number of nitrogens with zero attached hydrogens (tertiary/aromatic N) is 4. The zero-order chi connectivity index (χ0) is 22.9. The molecule has 1 aromatic carbocycles. The molecule has 3 aromatic rings. The minimum atomic E-state index is -3.58. The lowest BCUT2D eigenvalue weighted by molar-refractivity contribution is -0.0289. The molecule has 1 aliphatic heterocycles. The van der Waals surface area contributed by atoms with E-state index in [-0.39, 0.29) is 17.3 Å². The molecule has 0 bridgehead atoms. The van der Waals surface area contributed by atoms with Crippen molar-refractivity contribution in [2.45, 2.75) is 36.4 Å². The molecule has 4 rings (SSSR count). The maximum Gasteiger partial charge on any atom is 0.240 e. The van der Waals surface area contributed by atoms with Gasteiger partial charge in [0.05, 0.1) is 17.3 Å². The highest BCUT2D eigenvalue weighted by Gasteiger charge is 2.44. The third kappa shape index (κ3) is 4.58. The van der Waals surface area contributed by atoms with E-state index in [0.717, 1.165) is 5.56 Å². The molecule has 1 saturated heterocycles. The first-order valence-corrected chi connectivity index (χ1v) is 12.5. The van der Waals surface area contributed by atoms with Crippen molar-refractivity contribution in [3.8, 4) is 0 Å². The molecule has 0 radical (unpaired) electrons. The summed E-state index contributed by atoms with van der Waals surface area (Å²) in [6.07, 6.45) is -1.10. The fourth-order valence-electron chi connectivity index (χ4n) is 3.40. The van der Waals surface area contributed by atoms with Crippen LogP contribution in [0.2, 0.25) is 0 Å². The molecule has 4 atom stereocenters. The fourth-order valence-corrected chi connectivity index (χ4v) is 5.48. The van der Waals surface area contributed by atoms with Crippen LogP contribution in [-0.2, 0) is 14.8 Å². The lowest BCUT2D eigenvalue weighted by atomic mass is 10.1. The molecular formula is C19H24N6O5S2. The van der Waals surface area contributed by atoms with E-state index in [1.165, 1.54) is 29.0 Å². The quantitative estimate of drug-likeness (QED) is 0.324. The molecule has 11 nitrogen and oxygen atoms in total. The molecule has 1 fully saturated rings. The van der Waals surface area contributed by atoms with Crippen molar-refractivity contribution >= 4 is 38.8 Å². The van der Waals surface area contributed by atoms with Crippen LogP contribution in [0.1, 0.15) is 11.8 Å². The van der Waals surface area contributed by atoms with E-state index in [2.05, 4.69) is 19.7 Å². The number of nitrogen functional groups attached to an aromatic ring is 1. The van der Waals surface area contributed by atoms with Crippen LogP contribution in [0.15, 0.2) is 41.8 Å². The molecule has 3 heterocycles. The van der Waals surface area contributed by atoms with Crippen LogP contribution in [0.5, 0.6) is 0 Å². The Labute approximate surface area is 189 Å². The van der Waals surface area contributed by atoms with E-state index < -0.39 is 34.6 Å². The average Bonchev–Trinajstić information content (AvgIpc) is 3.31. The maximum atomic E-state index is 12.3. The molecular weight excluding hydrogens is 456 g/mol. The van der Waals surface area contributed by atoms with Gasteiger partial charge in [-0.05, 0) is 19.1 Å². The van der Waals surface area contributed by atoms with E-state index in [1.807, 2.05) is 6.92 Å². The number of sulfonamides is 1. The molecule has 13 heteroatoms. The normalized spacial score (nSPS) is 23.7. The molecule has 0 spiro atoms. The number of aliphatic hydroxyl groups is 2. The van der Waals surface area contributed by atoms with Crippen molar-refractivity contribution < 1.29 is 23.4 Å². The highest BCUT2D eigenvalue weighted by atomic mass is 32.2. The van der Waals surface area contributed by atoms with E-state index >= 15 is 0 Å². The Morgan fingerprint density at radius 2 is 1.94 bits per heavy atom. The number of nitrogens with two attached hydrogens (primary N) is 1. The zero-order valence-corrected chi connectivity index (χ0v) is 18.8. The first-order chi connectivity index (χ1) is 15.3. The van der Waals surface area contributed by atoms with Crippen LogP contribution in [0.3, 0.4) is 0 Å². The third-order valence-corrected chi connectivity index (χ3v) is 7.68. The van der Waals surface area contributed by atoms with Gasteiger partial charge in [0, 0.05) is 18.1 Å². The van der Waals surface area contributed by atoms with Crippen molar-refractivity contribution in [1.29, 1.82) is 0 Å².